The summed E-state index contributed by atoms with van der Waals surface area (Å²) in [5.74, 6) is 0. The van der Waals surface area contributed by atoms with Crippen LogP contribution < -0.4 is 5.32 Å². The van der Waals surface area contributed by atoms with E-state index in [1.807, 2.05) is 30.3 Å². The lowest BCUT2D eigenvalue weighted by molar-refractivity contribution is -0.109. The van der Waals surface area contributed by atoms with Crippen LogP contribution in [-0.2, 0) is 4.79 Å². The van der Waals surface area contributed by atoms with Crippen LogP contribution >= 0.6 is 15.9 Å². The summed E-state index contributed by atoms with van der Waals surface area (Å²) in [4.78, 5) is 9.06. The lowest BCUT2D eigenvalue weighted by Gasteiger charge is -1.80. The molecule has 11 heavy (non-hydrogen) atoms. The van der Waals surface area contributed by atoms with Crippen molar-refractivity contribution < 1.29 is 4.79 Å². The molecular weight excluding hydrogens is 206 g/mol. The maximum atomic E-state index is 9.06. The van der Waals surface area contributed by atoms with Gasteiger partial charge in [-0.3, -0.25) is 4.79 Å². The minimum absolute atomic E-state index is 0.625. The molecular formula is C8H10BrNO. The molecule has 60 valence electrons. The number of hydrogen-bond donors (Lipinski definition) is 1. The quantitative estimate of drug-likeness (QED) is 0.712. The van der Waals surface area contributed by atoms with Crippen LogP contribution in [0.25, 0.3) is 0 Å². The SMILES string of the molecule is Brc1ccccc1.CNC=O. The van der Waals surface area contributed by atoms with Crippen LogP contribution in [0.15, 0.2) is 34.8 Å². The molecule has 0 radical (unpaired) electrons. The molecule has 0 spiro atoms. The smallest absolute Gasteiger partial charge is 0.206 e. The number of halogens is 1. The summed E-state index contributed by atoms with van der Waals surface area (Å²) in [5.41, 5.74) is 0. The van der Waals surface area contributed by atoms with E-state index < -0.39 is 0 Å². The van der Waals surface area contributed by atoms with E-state index in [4.69, 9.17) is 4.79 Å². The fourth-order valence-electron chi connectivity index (χ4n) is 0.415. The van der Waals surface area contributed by atoms with Gasteiger partial charge in [-0.25, -0.2) is 0 Å². The summed E-state index contributed by atoms with van der Waals surface area (Å²) in [6.07, 6.45) is 0.625. The molecule has 0 heterocycles. The molecule has 0 saturated carbocycles. The van der Waals surface area contributed by atoms with Gasteiger partial charge in [-0.2, -0.15) is 0 Å². The number of nitrogens with one attached hydrogen (secondary N) is 1. The Morgan fingerprint density at radius 3 is 2.00 bits per heavy atom. The average Bonchev–Trinajstić information content (AvgIpc) is 2.07. The normalized spacial score (nSPS) is 7.45. The van der Waals surface area contributed by atoms with E-state index >= 15 is 0 Å². The summed E-state index contributed by atoms with van der Waals surface area (Å²) in [6, 6.07) is 9.97. The largest absolute Gasteiger partial charge is 0.362 e. The molecule has 0 aliphatic heterocycles. The molecule has 2 nitrogen and oxygen atoms in total. The molecule has 3 heteroatoms. The minimum Gasteiger partial charge on any atom is -0.362 e. The second-order valence-electron chi connectivity index (χ2n) is 1.70. The molecule has 0 aromatic heterocycles. The number of rotatable bonds is 1. The van der Waals surface area contributed by atoms with Gasteiger partial charge in [0.25, 0.3) is 0 Å². The Balaban J connectivity index is 0.000000218. The maximum Gasteiger partial charge on any atom is 0.206 e. The van der Waals surface area contributed by atoms with Gasteiger partial charge in [-0.05, 0) is 12.1 Å². The van der Waals surface area contributed by atoms with E-state index in [-0.39, 0.29) is 0 Å². The molecule has 1 amide bonds. The minimum atomic E-state index is 0.625. The fraction of sp³-hybridized carbons (Fsp3) is 0.125. The van der Waals surface area contributed by atoms with Gasteiger partial charge in [-0.1, -0.05) is 34.1 Å². The van der Waals surface area contributed by atoms with Gasteiger partial charge in [0.2, 0.25) is 6.41 Å². The summed E-state index contributed by atoms with van der Waals surface area (Å²) in [7, 11) is 1.56. The highest BCUT2D eigenvalue weighted by Crippen LogP contribution is 2.05. The number of carbonyl (C=O) groups is 1. The summed E-state index contributed by atoms with van der Waals surface area (Å²) >= 11 is 3.31. The Kier molecular flexibility index (Phi) is 6.73. The second kappa shape index (κ2) is 7.28. The van der Waals surface area contributed by atoms with E-state index in [1.165, 1.54) is 0 Å². The van der Waals surface area contributed by atoms with Crippen LogP contribution in [0, 0.1) is 0 Å². The molecule has 0 atom stereocenters. The van der Waals surface area contributed by atoms with Crippen LogP contribution in [0.3, 0.4) is 0 Å². The van der Waals surface area contributed by atoms with Gasteiger partial charge in [0.15, 0.2) is 0 Å². The third kappa shape index (κ3) is 7.06. The van der Waals surface area contributed by atoms with Crippen LogP contribution in [0.2, 0.25) is 0 Å². The number of hydrogen-bond acceptors (Lipinski definition) is 1. The topological polar surface area (TPSA) is 29.1 Å². The molecule has 0 bridgehead atoms. The van der Waals surface area contributed by atoms with Gasteiger partial charge in [0.1, 0.15) is 0 Å². The Labute approximate surface area is 74.7 Å². The van der Waals surface area contributed by atoms with Gasteiger partial charge >= 0.3 is 0 Å². The summed E-state index contributed by atoms with van der Waals surface area (Å²) in [5, 5.41) is 2.25. The molecule has 1 aromatic carbocycles. The monoisotopic (exact) mass is 215 g/mol. The molecule has 0 unspecified atom stereocenters. The van der Waals surface area contributed by atoms with E-state index in [9.17, 15) is 0 Å². The zero-order valence-electron chi connectivity index (χ0n) is 6.25. The first-order valence-electron chi connectivity index (χ1n) is 3.12. The maximum absolute atomic E-state index is 9.06. The van der Waals surface area contributed by atoms with Gasteiger partial charge < -0.3 is 5.32 Å². The van der Waals surface area contributed by atoms with Crippen molar-refractivity contribution in [2.45, 2.75) is 0 Å². The number of benzene rings is 1. The fourth-order valence-corrected chi connectivity index (χ4v) is 0.720. The zero-order valence-corrected chi connectivity index (χ0v) is 7.84. The number of amides is 1. The highest BCUT2D eigenvalue weighted by Gasteiger charge is 1.74. The van der Waals surface area contributed by atoms with E-state index in [0.717, 1.165) is 4.47 Å². The molecule has 0 fully saturated rings. The van der Waals surface area contributed by atoms with Crippen molar-refractivity contribution >= 4 is 22.3 Å². The van der Waals surface area contributed by atoms with Crippen molar-refractivity contribution in [3.8, 4) is 0 Å². The molecule has 1 N–H and O–H groups in total. The van der Waals surface area contributed by atoms with Crippen molar-refractivity contribution in [2.75, 3.05) is 7.05 Å². The van der Waals surface area contributed by atoms with Crippen LogP contribution in [0.1, 0.15) is 0 Å². The Hall–Kier alpha value is -0.830. The van der Waals surface area contributed by atoms with Gasteiger partial charge in [0, 0.05) is 11.5 Å². The van der Waals surface area contributed by atoms with Crippen molar-refractivity contribution in [1.29, 1.82) is 0 Å². The Bertz CT molecular complexity index is 189. The lowest BCUT2D eigenvalue weighted by Crippen LogP contribution is -1.98. The summed E-state index contributed by atoms with van der Waals surface area (Å²) < 4.78 is 1.13. The van der Waals surface area contributed by atoms with Gasteiger partial charge in [-0.15, -0.1) is 0 Å². The lowest BCUT2D eigenvalue weighted by atomic mass is 10.4. The molecule has 1 aromatic rings. The molecule has 0 aliphatic carbocycles. The first-order valence-corrected chi connectivity index (χ1v) is 3.92. The highest BCUT2D eigenvalue weighted by atomic mass is 79.9. The van der Waals surface area contributed by atoms with E-state index in [1.54, 1.807) is 7.05 Å². The van der Waals surface area contributed by atoms with Crippen molar-refractivity contribution in [3.63, 3.8) is 0 Å². The highest BCUT2D eigenvalue weighted by molar-refractivity contribution is 9.10. The van der Waals surface area contributed by atoms with Crippen molar-refractivity contribution in [3.05, 3.63) is 34.8 Å². The first kappa shape index (κ1) is 10.2. The predicted molar refractivity (Wildman–Crippen MR) is 49.3 cm³/mol. The molecule has 1 rings (SSSR count). The molecule has 0 aliphatic rings. The third-order valence-electron chi connectivity index (χ3n) is 0.851. The summed E-state index contributed by atoms with van der Waals surface area (Å²) in [6.45, 7) is 0. The van der Waals surface area contributed by atoms with E-state index in [0.29, 0.717) is 6.41 Å². The number of carbonyl (C=O) groups excluding carboxylic acids is 1. The van der Waals surface area contributed by atoms with Crippen molar-refractivity contribution in [2.24, 2.45) is 0 Å². The van der Waals surface area contributed by atoms with Crippen LogP contribution in [0.5, 0.6) is 0 Å². The van der Waals surface area contributed by atoms with Crippen molar-refractivity contribution in [1.82, 2.24) is 5.32 Å². The predicted octanol–water partition coefficient (Wildman–Crippen LogP) is 1.81. The van der Waals surface area contributed by atoms with Crippen LogP contribution in [0.4, 0.5) is 0 Å². The first-order chi connectivity index (χ1) is 5.31. The Morgan fingerprint density at radius 2 is 1.82 bits per heavy atom. The van der Waals surface area contributed by atoms with E-state index in [2.05, 4.69) is 21.2 Å². The third-order valence-corrected chi connectivity index (χ3v) is 1.38. The standard InChI is InChI=1S/C6H5Br.C2H5NO/c7-6-4-2-1-3-5-6;1-3-2-4/h1-5H;2H,1H3,(H,3,4). The zero-order chi connectivity index (χ0) is 8.53. The average molecular weight is 216 g/mol. The Morgan fingerprint density at radius 1 is 1.36 bits per heavy atom. The van der Waals surface area contributed by atoms with Crippen LogP contribution in [-0.4, -0.2) is 13.5 Å². The second-order valence-corrected chi connectivity index (χ2v) is 2.62. The van der Waals surface area contributed by atoms with Gasteiger partial charge in [0.05, 0.1) is 0 Å². The molecule has 0 saturated heterocycles.